The molecule has 98 valence electrons. The van der Waals surface area contributed by atoms with Gasteiger partial charge in [-0.3, -0.25) is 4.90 Å². The molecule has 1 atom stereocenters. The van der Waals surface area contributed by atoms with Crippen molar-refractivity contribution < 1.29 is 9.84 Å². The lowest BCUT2D eigenvalue weighted by Crippen LogP contribution is -2.48. The molecule has 1 unspecified atom stereocenters. The van der Waals surface area contributed by atoms with E-state index in [1.54, 1.807) is 0 Å². The van der Waals surface area contributed by atoms with Gasteiger partial charge < -0.3 is 9.84 Å². The van der Waals surface area contributed by atoms with Gasteiger partial charge in [0.25, 0.3) is 0 Å². The Kier molecular flexibility index (Phi) is 3.61. The van der Waals surface area contributed by atoms with Crippen molar-refractivity contribution in [3.63, 3.8) is 0 Å². The second-order valence-electron chi connectivity index (χ2n) is 5.07. The standard InChI is InChI=1S/C14H19NO2S/c16-14(10-15-5-7-17-8-6-15)11-18-9-12-3-1-2-4-13(12)14/h1-4,16H,5-11H2. The summed E-state index contributed by atoms with van der Waals surface area (Å²) < 4.78 is 5.36. The molecule has 1 saturated heterocycles. The van der Waals surface area contributed by atoms with Gasteiger partial charge in [-0.1, -0.05) is 24.3 Å². The molecule has 18 heavy (non-hydrogen) atoms. The first-order valence-electron chi connectivity index (χ1n) is 6.47. The molecule has 0 spiro atoms. The van der Waals surface area contributed by atoms with Crippen LogP contribution in [0.3, 0.4) is 0 Å². The molecule has 0 aromatic heterocycles. The van der Waals surface area contributed by atoms with E-state index < -0.39 is 5.60 Å². The summed E-state index contributed by atoms with van der Waals surface area (Å²) in [5, 5.41) is 11.0. The molecular weight excluding hydrogens is 246 g/mol. The summed E-state index contributed by atoms with van der Waals surface area (Å²) >= 11 is 1.83. The maximum atomic E-state index is 11.0. The normalized spacial score (nSPS) is 28.9. The lowest BCUT2D eigenvalue weighted by molar-refractivity contribution is -0.0237. The molecule has 0 aliphatic carbocycles. The smallest absolute Gasteiger partial charge is 0.112 e. The van der Waals surface area contributed by atoms with Gasteiger partial charge in [-0.05, 0) is 11.1 Å². The fourth-order valence-electron chi connectivity index (χ4n) is 2.77. The maximum Gasteiger partial charge on any atom is 0.112 e. The van der Waals surface area contributed by atoms with Crippen LogP contribution in [0.1, 0.15) is 11.1 Å². The molecule has 0 amide bonds. The molecule has 0 radical (unpaired) electrons. The van der Waals surface area contributed by atoms with Crippen molar-refractivity contribution in [2.24, 2.45) is 0 Å². The predicted octanol–water partition coefficient (Wildman–Crippen LogP) is 1.45. The number of aliphatic hydroxyl groups is 1. The van der Waals surface area contributed by atoms with E-state index in [1.807, 2.05) is 17.8 Å². The lowest BCUT2D eigenvalue weighted by Gasteiger charge is -2.39. The van der Waals surface area contributed by atoms with Crippen LogP contribution in [0, 0.1) is 0 Å². The van der Waals surface area contributed by atoms with E-state index in [2.05, 4.69) is 23.1 Å². The average Bonchev–Trinajstić information content (AvgIpc) is 2.40. The third-order valence-corrected chi connectivity index (χ3v) is 4.90. The zero-order valence-corrected chi connectivity index (χ0v) is 11.3. The summed E-state index contributed by atoms with van der Waals surface area (Å²) in [7, 11) is 0. The summed E-state index contributed by atoms with van der Waals surface area (Å²) in [6.07, 6.45) is 0. The molecule has 0 saturated carbocycles. The van der Waals surface area contributed by atoms with E-state index >= 15 is 0 Å². The Morgan fingerprint density at radius 3 is 2.89 bits per heavy atom. The lowest BCUT2D eigenvalue weighted by atomic mass is 9.90. The third kappa shape index (κ3) is 2.43. The fraction of sp³-hybridized carbons (Fsp3) is 0.571. The highest BCUT2D eigenvalue weighted by atomic mass is 32.2. The number of hydrogen-bond donors (Lipinski definition) is 1. The van der Waals surface area contributed by atoms with E-state index in [-0.39, 0.29) is 0 Å². The van der Waals surface area contributed by atoms with Gasteiger partial charge in [-0.15, -0.1) is 0 Å². The van der Waals surface area contributed by atoms with Crippen molar-refractivity contribution in [2.75, 3.05) is 38.6 Å². The Hall–Kier alpha value is -0.550. The fourth-order valence-corrected chi connectivity index (χ4v) is 3.93. The first-order valence-corrected chi connectivity index (χ1v) is 7.62. The second-order valence-corrected chi connectivity index (χ2v) is 6.06. The molecule has 1 fully saturated rings. The summed E-state index contributed by atoms with van der Waals surface area (Å²) in [6.45, 7) is 4.14. The first kappa shape index (κ1) is 12.5. The highest BCUT2D eigenvalue weighted by molar-refractivity contribution is 7.98. The van der Waals surface area contributed by atoms with Crippen molar-refractivity contribution in [1.29, 1.82) is 0 Å². The number of morpholine rings is 1. The van der Waals surface area contributed by atoms with Gasteiger partial charge in [0.05, 0.1) is 13.2 Å². The van der Waals surface area contributed by atoms with E-state index in [4.69, 9.17) is 4.74 Å². The summed E-state index contributed by atoms with van der Waals surface area (Å²) in [4.78, 5) is 2.31. The average molecular weight is 265 g/mol. The molecule has 0 bridgehead atoms. The minimum atomic E-state index is -0.698. The van der Waals surface area contributed by atoms with Crippen molar-refractivity contribution in [1.82, 2.24) is 4.90 Å². The zero-order valence-electron chi connectivity index (χ0n) is 10.5. The van der Waals surface area contributed by atoms with Crippen molar-refractivity contribution in [3.8, 4) is 0 Å². The molecule has 1 aromatic carbocycles. The Morgan fingerprint density at radius 1 is 1.28 bits per heavy atom. The van der Waals surface area contributed by atoms with Crippen LogP contribution >= 0.6 is 11.8 Å². The summed E-state index contributed by atoms with van der Waals surface area (Å²) in [6, 6.07) is 8.29. The first-order chi connectivity index (χ1) is 8.78. The number of thioether (sulfide) groups is 1. The van der Waals surface area contributed by atoms with Gasteiger partial charge in [-0.2, -0.15) is 11.8 Å². The van der Waals surface area contributed by atoms with E-state index in [0.717, 1.165) is 49.9 Å². The number of β-amino-alcohol motifs (C(OH)–C–C–N with tert-alkyl or cyclic N) is 1. The SMILES string of the molecule is OC1(CN2CCOCC2)CSCc2ccccc21. The van der Waals surface area contributed by atoms with Crippen LogP contribution in [0.15, 0.2) is 24.3 Å². The highest BCUT2D eigenvalue weighted by Crippen LogP contribution is 2.36. The summed E-state index contributed by atoms with van der Waals surface area (Å²) in [5.41, 5.74) is 1.70. The largest absolute Gasteiger partial charge is 0.383 e. The molecule has 3 rings (SSSR count). The van der Waals surface area contributed by atoms with E-state index in [9.17, 15) is 5.11 Å². The molecule has 2 aliphatic rings. The molecule has 3 nitrogen and oxygen atoms in total. The number of rotatable bonds is 2. The summed E-state index contributed by atoms with van der Waals surface area (Å²) in [5.74, 6) is 1.81. The van der Waals surface area contributed by atoms with Gasteiger partial charge >= 0.3 is 0 Å². The van der Waals surface area contributed by atoms with Crippen LogP contribution in [-0.4, -0.2) is 48.6 Å². The second kappa shape index (κ2) is 5.21. The van der Waals surface area contributed by atoms with Gasteiger partial charge in [0, 0.05) is 31.1 Å². The molecule has 2 heterocycles. The number of benzene rings is 1. The van der Waals surface area contributed by atoms with Crippen LogP contribution < -0.4 is 0 Å². The Labute approximate surface area is 112 Å². The van der Waals surface area contributed by atoms with Crippen molar-refractivity contribution in [2.45, 2.75) is 11.4 Å². The Bertz CT molecular complexity index is 420. The number of ether oxygens (including phenoxy) is 1. The zero-order chi connectivity index (χ0) is 12.4. The van der Waals surface area contributed by atoms with Gasteiger partial charge in [-0.25, -0.2) is 0 Å². The molecule has 2 aliphatic heterocycles. The van der Waals surface area contributed by atoms with Crippen molar-refractivity contribution >= 4 is 11.8 Å². The quantitative estimate of drug-likeness (QED) is 0.877. The molecule has 1 N–H and O–H groups in total. The topological polar surface area (TPSA) is 32.7 Å². The van der Waals surface area contributed by atoms with Crippen LogP contribution in [-0.2, 0) is 16.1 Å². The third-order valence-electron chi connectivity index (χ3n) is 3.71. The number of nitrogens with zero attached hydrogens (tertiary/aromatic N) is 1. The van der Waals surface area contributed by atoms with Gasteiger partial charge in [0.2, 0.25) is 0 Å². The maximum absolute atomic E-state index is 11.0. The highest BCUT2D eigenvalue weighted by Gasteiger charge is 2.36. The van der Waals surface area contributed by atoms with Crippen LogP contribution in [0.25, 0.3) is 0 Å². The Morgan fingerprint density at radius 2 is 2.06 bits per heavy atom. The van der Waals surface area contributed by atoms with Crippen LogP contribution in [0.2, 0.25) is 0 Å². The van der Waals surface area contributed by atoms with Crippen molar-refractivity contribution in [3.05, 3.63) is 35.4 Å². The van der Waals surface area contributed by atoms with Crippen LogP contribution in [0.5, 0.6) is 0 Å². The Balaban J connectivity index is 1.81. The minimum absolute atomic E-state index is 0.698. The number of fused-ring (bicyclic) bond motifs is 1. The van der Waals surface area contributed by atoms with Gasteiger partial charge in [0.1, 0.15) is 5.60 Å². The van der Waals surface area contributed by atoms with E-state index in [0.29, 0.717) is 0 Å². The molecule has 1 aromatic rings. The monoisotopic (exact) mass is 265 g/mol. The van der Waals surface area contributed by atoms with E-state index in [1.165, 1.54) is 5.56 Å². The predicted molar refractivity (Wildman–Crippen MR) is 73.8 cm³/mol. The molecular formula is C14H19NO2S. The minimum Gasteiger partial charge on any atom is -0.383 e. The number of hydrogen-bond acceptors (Lipinski definition) is 4. The van der Waals surface area contributed by atoms with Gasteiger partial charge in [0.15, 0.2) is 0 Å². The van der Waals surface area contributed by atoms with Crippen LogP contribution in [0.4, 0.5) is 0 Å². The molecule has 4 heteroatoms.